The number of urea groups is 1. The Labute approximate surface area is 171 Å². The molecule has 1 aliphatic rings. The topological polar surface area (TPSA) is 129 Å². The second kappa shape index (κ2) is 9.29. The van der Waals surface area contributed by atoms with Crippen molar-refractivity contribution in [2.24, 2.45) is 0 Å². The number of rotatable bonds is 8. The predicted octanol–water partition coefficient (Wildman–Crippen LogP) is 1.44. The maximum atomic E-state index is 12.3. The van der Waals surface area contributed by atoms with Gasteiger partial charge in [-0.2, -0.15) is 0 Å². The molecule has 2 aromatic rings. The van der Waals surface area contributed by atoms with Crippen molar-refractivity contribution >= 4 is 29.1 Å². The molecular weight excluding hydrogens is 394 g/mol. The van der Waals surface area contributed by atoms with Crippen LogP contribution in [0.3, 0.4) is 0 Å². The zero-order valence-electron chi connectivity index (χ0n) is 16.7. The fourth-order valence-corrected chi connectivity index (χ4v) is 3.23. The zero-order chi connectivity index (χ0) is 21.7. The molecule has 1 aliphatic heterocycles. The fraction of sp³-hybridized carbons (Fsp3) is 0.400. The van der Waals surface area contributed by atoms with E-state index in [0.717, 1.165) is 0 Å². The van der Waals surface area contributed by atoms with Crippen LogP contribution >= 0.6 is 0 Å². The molecule has 1 aromatic carbocycles. The van der Waals surface area contributed by atoms with Crippen LogP contribution in [0, 0.1) is 0 Å². The number of amides is 2. The summed E-state index contributed by atoms with van der Waals surface area (Å²) in [6, 6.07) is 5.87. The number of nitrogens with zero attached hydrogens (tertiary/aromatic N) is 1. The summed E-state index contributed by atoms with van der Waals surface area (Å²) >= 11 is 0. The number of nitrogens with one attached hydrogen (secondary N) is 2. The first-order valence-electron chi connectivity index (χ1n) is 9.66. The minimum Gasteiger partial charge on any atom is -0.463 e. The van der Waals surface area contributed by atoms with E-state index in [1.807, 2.05) is 6.92 Å². The van der Waals surface area contributed by atoms with Crippen LogP contribution in [0.5, 0.6) is 0 Å². The van der Waals surface area contributed by atoms with Crippen LogP contribution < -0.4 is 16.4 Å². The van der Waals surface area contributed by atoms with E-state index >= 15 is 0 Å². The minimum atomic E-state index is -0.594. The lowest BCUT2D eigenvalue weighted by Crippen LogP contribution is -2.51. The van der Waals surface area contributed by atoms with Gasteiger partial charge < -0.3 is 24.5 Å². The molecule has 0 fully saturated rings. The van der Waals surface area contributed by atoms with Crippen molar-refractivity contribution in [2.75, 3.05) is 13.2 Å². The number of aryl methyl sites for hydroxylation is 1. The maximum Gasteiger partial charge on any atom is 0.419 e. The van der Waals surface area contributed by atoms with Gasteiger partial charge in [-0.3, -0.25) is 9.36 Å². The highest BCUT2D eigenvalue weighted by molar-refractivity contribution is 5.94. The van der Waals surface area contributed by atoms with Gasteiger partial charge in [-0.1, -0.05) is 19.1 Å². The number of carbonyl (C=O) groups is 3. The van der Waals surface area contributed by atoms with Gasteiger partial charge in [0.2, 0.25) is 0 Å². The van der Waals surface area contributed by atoms with E-state index in [1.54, 1.807) is 31.2 Å². The summed E-state index contributed by atoms with van der Waals surface area (Å²) in [5.74, 6) is -1.74. The molecule has 2 N–H and O–H groups in total. The van der Waals surface area contributed by atoms with E-state index in [1.165, 1.54) is 4.57 Å². The number of ether oxygens (including phenoxy) is 2. The lowest BCUT2D eigenvalue weighted by atomic mass is 10.0. The Morgan fingerprint density at radius 1 is 1.17 bits per heavy atom. The van der Waals surface area contributed by atoms with E-state index in [2.05, 4.69) is 10.6 Å². The van der Waals surface area contributed by atoms with Crippen molar-refractivity contribution in [1.29, 1.82) is 0 Å². The van der Waals surface area contributed by atoms with Crippen LogP contribution in [0.25, 0.3) is 11.1 Å². The van der Waals surface area contributed by atoms with E-state index in [9.17, 15) is 19.2 Å². The summed E-state index contributed by atoms with van der Waals surface area (Å²) in [6.45, 7) is 3.44. The third-order valence-corrected chi connectivity index (χ3v) is 4.64. The van der Waals surface area contributed by atoms with Gasteiger partial charge in [0.25, 0.3) is 0 Å². The van der Waals surface area contributed by atoms with Crippen LogP contribution in [0.2, 0.25) is 0 Å². The second-order valence-electron chi connectivity index (χ2n) is 6.57. The molecule has 0 aliphatic carbocycles. The van der Waals surface area contributed by atoms with Crippen molar-refractivity contribution in [1.82, 2.24) is 15.2 Å². The standard InChI is InChI=1S/C20H23N3O7/c1-3-12-17(18(25)28-4-2)13(22-19(26)21-12)11-29-16(24)9-10-23-14-7-5-6-8-15(14)30-20(23)27/h5-8,12H,3-4,9-11H2,1-2H3,(H2,21,22,26)/t12-/m1/s1. The van der Waals surface area contributed by atoms with Gasteiger partial charge in [0.1, 0.15) is 6.61 Å². The number of carbonyl (C=O) groups excluding carboxylic acids is 3. The summed E-state index contributed by atoms with van der Waals surface area (Å²) < 4.78 is 16.8. The van der Waals surface area contributed by atoms with Crippen molar-refractivity contribution in [3.63, 3.8) is 0 Å². The monoisotopic (exact) mass is 417 g/mol. The van der Waals surface area contributed by atoms with Crippen LogP contribution in [0.1, 0.15) is 26.7 Å². The Kier molecular flexibility index (Phi) is 6.55. The van der Waals surface area contributed by atoms with Crippen LogP contribution in [-0.4, -0.2) is 41.8 Å². The van der Waals surface area contributed by atoms with Gasteiger partial charge in [0.15, 0.2) is 5.58 Å². The summed E-state index contributed by atoms with van der Waals surface area (Å²) in [4.78, 5) is 48.4. The van der Waals surface area contributed by atoms with E-state index in [-0.39, 0.29) is 37.4 Å². The Morgan fingerprint density at radius 2 is 1.93 bits per heavy atom. The molecule has 0 spiro atoms. The van der Waals surface area contributed by atoms with Gasteiger partial charge in [0, 0.05) is 6.54 Å². The van der Waals surface area contributed by atoms with Crippen molar-refractivity contribution in [3.05, 3.63) is 46.1 Å². The molecule has 0 saturated heterocycles. The number of oxazole rings is 1. The van der Waals surface area contributed by atoms with E-state index in [0.29, 0.717) is 17.5 Å². The summed E-state index contributed by atoms with van der Waals surface area (Å²) in [5, 5.41) is 5.15. The number of hydrogen-bond acceptors (Lipinski definition) is 7. The van der Waals surface area contributed by atoms with Gasteiger partial charge in [-0.15, -0.1) is 0 Å². The third-order valence-electron chi connectivity index (χ3n) is 4.64. The molecule has 0 saturated carbocycles. The molecule has 30 heavy (non-hydrogen) atoms. The molecule has 1 atom stereocenters. The van der Waals surface area contributed by atoms with E-state index in [4.69, 9.17) is 13.9 Å². The Balaban J connectivity index is 1.68. The van der Waals surface area contributed by atoms with Crippen LogP contribution in [0.4, 0.5) is 4.79 Å². The quantitative estimate of drug-likeness (QED) is 0.622. The first-order valence-corrected chi connectivity index (χ1v) is 9.66. The highest BCUT2D eigenvalue weighted by Crippen LogP contribution is 2.18. The molecule has 10 heteroatoms. The SMILES string of the molecule is CCOC(=O)C1=C(COC(=O)CCn2c(=O)oc3ccccc32)NC(=O)N[C@@H]1CC. The van der Waals surface area contributed by atoms with Gasteiger partial charge in [-0.05, 0) is 25.5 Å². The maximum absolute atomic E-state index is 12.3. The smallest absolute Gasteiger partial charge is 0.419 e. The van der Waals surface area contributed by atoms with Crippen molar-refractivity contribution in [2.45, 2.75) is 39.3 Å². The minimum absolute atomic E-state index is 0.0734. The molecule has 1 aromatic heterocycles. The van der Waals surface area contributed by atoms with Crippen molar-refractivity contribution in [3.8, 4) is 0 Å². The molecule has 160 valence electrons. The third kappa shape index (κ3) is 4.53. The molecule has 0 radical (unpaired) electrons. The molecule has 0 bridgehead atoms. The molecule has 10 nitrogen and oxygen atoms in total. The highest BCUT2D eigenvalue weighted by Gasteiger charge is 2.32. The predicted molar refractivity (Wildman–Crippen MR) is 105 cm³/mol. The highest BCUT2D eigenvalue weighted by atomic mass is 16.5. The number of aromatic nitrogens is 1. The second-order valence-corrected chi connectivity index (χ2v) is 6.57. The number of benzene rings is 1. The molecule has 2 amide bonds. The lowest BCUT2D eigenvalue weighted by Gasteiger charge is -2.28. The molecule has 2 heterocycles. The zero-order valence-corrected chi connectivity index (χ0v) is 16.7. The number of esters is 2. The number of hydrogen-bond donors (Lipinski definition) is 2. The largest absolute Gasteiger partial charge is 0.463 e. The van der Waals surface area contributed by atoms with Gasteiger partial charge in [-0.25, -0.2) is 14.4 Å². The average molecular weight is 417 g/mol. The van der Waals surface area contributed by atoms with Crippen LogP contribution in [-0.2, 0) is 25.6 Å². The summed E-state index contributed by atoms with van der Waals surface area (Å²) in [5.41, 5.74) is 1.43. The van der Waals surface area contributed by atoms with Gasteiger partial charge in [0.05, 0.1) is 35.9 Å². The van der Waals surface area contributed by atoms with E-state index < -0.39 is 29.8 Å². The summed E-state index contributed by atoms with van der Waals surface area (Å²) in [6.07, 6.45) is 0.379. The molecule has 3 rings (SSSR count). The summed E-state index contributed by atoms with van der Waals surface area (Å²) in [7, 11) is 0. The number of para-hydroxylation sites is 2. The van der Waals surface area contributed by atoms with Crippen molar-refractivity contribution < 1.29 is 28.3 Å². The Bertz CT molecular complexity index is 1050. The normalized spacial score (nSPS) is 16.2. The fourth-order valence-electron chi connectivity index (χ4n) is 3.23. The average Bonchev–Trinajstić information content (AvgIpc) is 3.05. The van der Waals surface area contributed by atoms with Gasteiger partial charge >= 0.3 is 23.7 Å². The first kappa shape index (κ1) is 21.2. The van der Waals surface area contributed by atoms with Crippen LogP contribution in [0.15, 0.2) is 44.7 Å². The first-order chi connectivity index (χ1) is 14.4. The molecule has 0 unspecified atom stereocenters. The lowest BCUT2D eigenvalue weighted by molar-refractivity contribution is -0.144. The Hall–Kier alpha value is -3.56. The number of fused-ring (bicyclic) bond motifs is 1. The Morgan fingerprint density at radius 3 is 2.67 bits per heavy atom. The molecular formula is C20H23N3O7.